The molecule has 0 aliphatic rings. The van der Waals surface area contributed by atoms with E-state index in [4.69, 9.17) is 5.73 Å². The highest BCUT2D eigenvalue weighted by Crippen LogP contribution is 2.19. The summed E-state index contributed by atoms with van der Waals surface area (Å²) < 4.78 is 0. The van der Waals surface area contributed by atoms with Crippen LogP contribution in [-0.4, -0.2) is 30.7 Å². The van der Waals surface area contributed by atoms with E-state index in [9.17, 15) is 4.79 Å². The third-order valence-corrected chi connectivity index (χ3v) is 2.97. The second-order valence-corrected chi connectivity index (χ2v) is 4.48. The fraction of sp³-hybridized carbons (Fsp3) is 0.364. The summed E-state index contributed by atoms with van der Waals surface area (Å²) >= 11 is 1.54. The number of hydrogen-bond donors (Lipinski definition) is 1. The molecule has 0 aromatic heterocycles. The van der Waals surface area contributed by atoms with Gasteiger partial charge in [0.05, 0.1) is 5.75 Å². The Bertz CT molecular complexity index is 339. The highest BCUT2D eigenvalue weighted by Gasteiger charge is 2.04. The van der Waals surface area contributed by atoms with Gasteiger partial charge in [-0.3, -0.25) is 4.79 Å². The zero-order chi connectivity index (χ0) is 11.3. The highest BCUT2D eigenvalue weighted by molar-refractivity contribution is 8.00. The van der Waals surface area contributed by atoms with E-state index in [0.29, 0.717) is 12.3 Å². The van der Waals surface area contributed by atoms with Gasteiger partial charge in [-0.2, -0.15) is 0 Å². The van der Waals surface area contributed by atoms with Gasteiger partial charge in [0.25, 0.3) is 0 Å². The molecule has 0 heterocycles. The zero-order valence-corrected chi connectivity index (χ0v) is 9.88. The van der Waals surface area contributed by atoms with Gasteiger partial charge >= 0.3 is 0 Å². The minimum atomic E-state index is 0.123. The van der Waals surface area contributed by atoms with Crippen LogP contribution in [-0.2, 0) is 11.3 Å². The van der Waals surface area contributed by atoms with Crippen LogP contribution in [0.4, 0.5) is 0 Å². The fourth-order valence-electron chi connectivity index (χ4n) is 1.04. The number of thioether (sulfide) groups is 1. The number of carbonyl (C=O) groups excluding carboxylic acids is 1. The molecule has 1 amide bonds. The van der Waals surface area contributed by atoms with Gasteiger partial charge in [0.2, 0.25) is 5.91 Å². The van der Waals surface area contributed by atoms with Crippen LogP contribution < -0.4 is 5.73 Å². The first-order chi connectivity index (χ1) is 7.13. The van der Waals surface area contributed by atoms with Crippen LogP contribution in [0.25, 0.3) is 0 Å². The molecule has 1 aromatic carbocycles. The lowest BCUT2D eigenvalue weighted by atomic mass is 10.2. The van der Waals surface area contributed by atoms with E-state index in [0.717, 1.165) is 10.5 Å². The molecule has 1 rings (SSSR count). The van der Waals surface area contributed by atoms with Gasteiger partial charge in [0.15, 0.2) is 0 Å². The molecule has 0 aliphatic carbocycles. The Balaban J connectivity index is 2.54. The summed E-state index contributed by atoms with van der Waals surface area (Å²) in [5.74, 6) is 0.597. The number of nitrogens with two attached hydrogens (primary N) is 1. The van der Waals surface area contributed by atoms with Gasteiger partial charge in [0, 0.05) is 25.5 Å². The summed E-state index contributed by atoms with van der Waals surface area (Å²) in [4.78, 5) is 14.0. The number of rotatable bonds is 4. The molecule has 0 saturated heterocycles. The molecule has 2 N–H and O–H groups in total. The first kappa shape index (κ1) is 12.1. The summed E-state index contributed by atoms with van der Waals surface area (Å²) in [6, 6.07) is 7.96. The number of nitrogens with zero attached hydrogens (tertiary/aromatic N) is 1. The molecule has 0 saturated carbocycles. The lowest BCUT2D eigenvalue weighted by Crippen LogP contribution is -2.23. The maximum atomic E-state index is 11.4. The minimum absolute atomic E-state index is 0.123. The van der Waals surface area contributed by atoms with Crippen LogP contribution in [0, 0.1) is 0 Å². The zero-order valence-electron chi connectivity index (χ0n) is 9.06. The summed E-state index contributed by atoms with van der Waals surface area (Å²) in [6.45, 7) is 0.538. The van der Waals surface area contributed by atoms with E-state index in [1.807, 2.05) is 24.3 Å². The maximum absolute atomic E-state index is 11.4. The Hall–Kier alpha value is -1.00. The average molecular weight is 224 g/mol. The molecule has 82 valence electrons. The largest absolute Gasteiger partial charge is 0.348 e. The van der Waals surface area contributed by atoms with Gasteiger partial charge in [-0.1, -0.05) is 12.1 Å². The minimum Gasteiger partial charge on any atom is -0.348 e. The van der Waals surface area contributed by atoms with E-state index in [1.165, 1.54) is 11.8 Å². The van der Waals surface area contributed by atoms with Crippen LogP contribution in [0.15, 0.2) is 29.2 Å². The molecule has 0 spiro atoms. The first-order valence-corrected chi connectivity index (χ1v) is 5.74. The molecule has 3 nitrogen and oxygen atoms in total. The van der Waals surface area contributed by atoms with Crippen LogP contribution in [0.3, 0.4) is 0 Å². The number of benzene rings is 1. The van der Waals surface area contributed by atoms with Crippen LogP contribution in [0.1, 0.15) is 5.56 Å². The van der Waals surface area contributed by atoms with Crippen molar-refractivity contribution in [3.8, 4) is 0 Å². The van der Waals surface area contributed by atoms with Crippen molar-refractivity contribution in [2.45, 2.75) is 11.4 Å². The normalized spacial score (nSPS) is 10.1. The van der Waals surface area contributed by atoms with Crippen molar-refractivity contribution in [3.05, 3.63) is 29.8 Å². The van der Waals surface area contributed by atoms with Crippen molar-refractivity contribution < 1.29 is 4.79 Å². The molecule has 0 fully saturated rings. The van der Waals surface area contributed by atoms with Crippen LogP contribution in [0.5, 0.6) is 0 Å². The molecule has 0 aliphatic heterocycles. The van der Waals surface area contributed by atoms with Gasteiger partial charge in [-0.25, -0.2) is 0 Å². The smallest absolute Gasteiger partial charge is 0.232 e. The van der Waals surface area contributed by atoms with Crippen molar-refractivity contribution in [2.75, 3.05) is 19.8 Å². The van der Waals surface area contributed by atoms with Gasteiger partial charge in [-0.05, 0) is 17.7 Å². The lowest BCUT2D eigenvalue weighted by Gasteiger charge is -2.09. The van der Waals surface area contributed by atoms with Crippen molar-refractivity contribution in [1.82, 2.24) is 4.90 Å². The predicted molar refractivity (Wildman–Crippen MR) is 63.8 cm³/mol. The maximum Gasteiger partial charge on any atom is 0.232 e. The molecule has 4 heteroatoms. The topological polar surface area (TPSA) is 46.3 Å². The van der Waals surface area contributed by atoms with Crippen molar-refractivity contribution >= 4 is 17.7 Å². The van der Waals surface area contributed by atoms with Crippen LogP contribution >= 0.6 is 11.8 Å². The van der Waals surface area contributed by atoms with Crippen molar-refractivity contribution in [1.29, 1.82) is 0 Å². The SMILES string of the molecule is CN(C)C(=O)CSc1cccc(CN)c1. The second kappa shape index (κ2) is 5.78. The molecule has 0 unspecified atom stereocenters. The summed E-state index contributed by atoms with van der Waals surface area (Å²) in [5, 5.41) is 0. The standard InChI is InChI=1S/C11H16N2OS/c1-13(2)11(14)8-15-10-5-3-4-9(6-10)7-12/h3-6H,7-8,12H2,1-2H3. The van der Waals surface area contributed by atoms with Crippen molar-refractivity contribution in [3.63, 3.8) is 0 Å². The number of amides is 1. The quantitative estimate of drug-likeness (QED) is 0.785. The Kier molecular flexibility index (Phi) is 4.65. The number of carbonyl (C=O) groups is 1. The van der Waals surface area contributed by atoms with Gasteiger partial charge < -0.3 is 10.6 Å². The number of hydrogen-bond acceptors (Lipinski definition) is 3. The third-order valence-electron chi connectivity index (χ3n) is 2.00. The molecular weight excluding hydrogens is 208 g/mol. The third kappa shape index (κ3) is 3.93. The average Bonchev–Trinajstić information content (AvgIpc) is 2.26. The molecule has 1 aromatic rings. The lowest BCUT2D eigenvalue weighted by molar-refractivity contribution is -0.125. The Morgan fingerprint density at radius 2 is 2.20 bits per heavy atom. The Morgan fingerprint density at radius 1 is 1.47 bits per heavy atom. The van der Waals surface area contributed by atoms with E-state index >= 15 is 0 Å². The summed E-state index contributed by atoms with van der Waals surface area (Å²) in [5.41, 5.74) is 6.63. The predicted octanol–water partition coefficient (Wildman–Crippen LogP) is 1.33. The first-order valence-electron chi connectivity index (χ1n) is 4.75. The van der Waals surface area contributed by atoms with E-state index in [2.05, 4.69) is 0 Å². The summed E-state index contributed by atoms with van der Waals surface area (Å²) in [6.07, 6.45) is 0. The highest BCUT2D eigenvalue weighted by atomic mass is 32.2. The molecular formula is C11H16N2OS. The van der Waals surface area contributed by atoms with Crippen LogP contribution in [0.2, 0.25) is 0 Å². The fourth-order valence-corrected chi connectivity index (χ4v) is 1.99. The molecule has 0 radical (unpaired) electrons. The monoisotopic (exact) mass is 224 g/mol. The van der Waals surface area contributed by atoms with Crippen molar-refractivity contribution in [2.24, 2.45) is 5.73 Å². The molecule has 0 atom stereocenters. The Labute approximate surface area is 94.6 Å². The van der Waals surface area contributed by atoms with E-state index in [-0.39, 0.29) is 5.91 Å². The summed E-state index contributed by atoms with van der Waals surface area (Å²) in [7, 11) is 3.53. The molecule has 0 bridgehead atoms. The Morgan fingerprint density at radius 3 is 2.80 bits per heavy atom. The van der Waals surface area contributed by atoms with Gasteiger partial charge in [-0.15, -0.1) is 11.8 Å². The van der Waals surface area contributed by atoms with Gasteiger partial charge in [0.1, 0.15) is 0 Å². The van der Waals surface area contributed by atoms with E-state index in [1.54, 1.807) is 19.0 Å². The second-order valence-electron chi connectivity index (χ2n) is 3.43. The van der Waals surface area contributed by atoms with E-state index < -0.39 is 0 Å². The molecule has 15 heavy (non-hydrogen) atoms.